The van der Waals surface area contributed by atoms with Crippen molar-refractivity contribution in [1.82, 2.24) is 4.72 Å². The molecule has 32 heavy (non-hydrogen) atoms. The van der Waals surface area contributed by atoms with E-state index in [0.717, 1.165) is 28.2 Å². The minimum absolute atomic E-state index is 0.169. The Bertz CT molecular complexity index is 1320. The van der Waals surface area contributed by atoms with Gasteiger partial charge in [-0.1, -0.05) is 66.0 Å². The largest absolute Gasteiger partial charge is 0.246 e. The maximum atomic E-state index is 12.8. The Hall–Kier alpha value is -1.54. The van der Waals surface area contributed by atoms with Crippen molar-refractivity contribution >= 4 is 68.0 Å². The van der Waals surface area contributed by atoms with Crippen LogP contribution in [0.5, 0.6) is 0 Å². The van der Waals surface area contributed by atoms with Gasteiger partial charge in [-0.2, -0.15) is 0 Å². The zero-order valence-electron chi connectivity index (χ0n) is 17.0. The predicted octanol–water partition coefficient (Wildman–Crippen LogP) is 7.36. The molecule has 0 atom stereocenters. The highest BCUT2D eigenvalue weighted by atomic mass is 35.5. The molecular weight excluding hydrogens is 507 g/mol. The average Bonchev–Trinajstić information content (AvgIpc) is 2.89. The fourth-order valence-corrected chi connectivity index (χ4v) is 6.14. The molecule has 9 heteroatoms. The Morgan fingerprint density at radius 3 is 2.34 bits per heavy atom. The van der Waals surface area contributed by atoms with Crippen LogP contribution >= 0.6 is 46.6 Å². The third-order valence-corrected chi connectivity index (χ3v) is 8.26. The number of hydrogen-bond donors (Lipinski definition) is 1. The molecule has 166 valence electrons. The maximum absolute atomic E-state index is 12.8. The molecule has 1 aliphatic heterocycles. The zero-order valence-corrected chi connectivity index (χ0v) is 20.9. The number of halogens is 3. The van der Waals surface area contributed by atoms with Crippen molar-refractivity contribution in [2.45, 2.75) is 34.5 Å². The highest BCUT2D eigenvalue weighted by Gasteiger charge is 2.23. The van der Waals surface area contributed by atoms with Gasteiger partial charge < -0.3 is 0 Å². The van der Waals surface area contributed by atoms with Gasteiger partial charge in [0.25, 0.3) is 0 Å². The molecule has 0 radical (unpaired) electrons. The van der Waals surface area contributed by atoms with Crippen molar-refractivity contribution in [1.29, 1.82) is 0 Å². The molecule has 0 fully saturated rings. The molecular formula is C23H19Cl3N2O2S2. The fraction of sp³-hybridized carbons (Fsp3) is 0.174. The summed E-state index contributed by atoms with van der Waals surface area (Å²) < 4.78 is 28.2. The molecule has 0 spiro atoms. The van der Waals surface area contributed by atoms with Gasteiger partial charge in [0, 0.05) is 37.5 Å². The monoisotopic (exact) mass is 524 g/mol. The van der Waals surface area contributed by atoms with Crippen LogP contribution in [-0.2, 0) is 10.0 Å². The summed E-state index contributed by atoms with van der Waals surface area (Å²) in [5, 5.41) is 1.57. The number of nitrogens with zero attached hydrogens (tertiary/aromatic N) is 1. The predicted molar refractivity (Wildman–Crippen MR) is 134 cm³/mol. The average molecular weight is 526 g/mol. The van der Waals surface area contributed by atoms with E-state index >= 15 is 0 Å². The fourth-order valence-electron chi connectivity index (χ4n) is 3.27. The third kappa shape index (κ3) is 5.01. The first-order chi connectivity index (χ1) is 15.3. The van der Waals surface area contributed by atoms with Crippen molar-refractivity contribution < 1.29 is 8.42 Å². The molecule has 1 aliphatic rings. The zero-order chi connectivity index (χ0) is 22.9. The Balaban J connectivity index is 1.88. The van der Waals surface area contributed by atoms with Crippen LogP contribution in [0.25, 0.3) is 0 Å². The molecule has 0 saturated heterocycles. The molecule has 4 nitrogen and oxygen atoms in total. The summed E-state index contributed by atoms with van der Waals surface area (Å²) in [6, 6.07) is 15.7. The first-order valence-electron chi connectivity index (χ1n) is 9.94. The van der Waals surface area contributed by atoms with Crippen LogP contribution in [-0.4, -0.2) is 20.7 Å². The van der Waals surface area contributed by atoms with E-state index in [4.69, 9.17) is 39.8 Å². The van der Waals surface area contributed by atoms with E-state index in [1.54, 1.807) is 36.4 Å². The lowest BCUT2D eigenvalue weighted by atomic mass is 10.0. The Morgan fingerprint density at radius 2 is 1.62 bits per heavy atom. The third-order valence-electron chi connectivity index (χ3n) is 4.90. The molecule has 3 aromatic carbocycles. The van der Waals surface area contributed by atoms with Gasteiger partial charge in [-0.05, 0) is 55.0 Å². The van der Waals surface area contributed by atoms with E-state index in [9.17, 15) is 8.42 Å². The molecule has 0 saturated carbocycles. The highest BCUT2D eigenvalue weighted by Crippen LogP contribution is 2.43. The van der Waals surface area contributed by atoms with Crippen molar-refractivity contribution in [3.63, 3.8) is 0 Å². The molecule has 0 bridgehead atoms. The second-order valence-electron chi connectivity index (χ2n) is 7.21. The van der Waals surface area contributed by atoms with Crippen molar-refractivity contribution in [2.75, 3.05) is 6.54 Å². The van der Waals surface area contributed by atoms with Gasteiger partial charge in [0.05, 0.1) is 21.3 Å². The van der Waals surface area contributed by atoms with E-state index in [-0.39, 0.29) is 4.90 Å². The highest BCUT2D eigenvalue weighted by molar-refractivity contribution is 7.99. The SMILES string of the molecule is CCCCNS(=O)(=O)c1ccc2c(c1)N=C(c1ccc(Cl)cc1Cl)c1ccc(Cl)cc1S2. The molecule has 0 aliphatic carbocycles. The van der Waals surface area contributed by atoms with Crippen LogP contribution in [0.4, 0.5) is 5.69 Å². The molecule has 0 unspecified atom stereocenters. The number of rotatable bonds is 6. The summed E-state index contributed by atoms with van der Waals surface area (Å²) in [5.74, 6) is 0. The van der Waals surface area contributed by atoms with Crippen LogP contribution < -0.4 is 4.72 Å². The quantitative estimate of drug-likeness (QED) is 0.268. The van der Waals surface area contributed by atoms with Gasteiger partial charge in [-0.25, -0.2) is 18.1 Å². The molecule has 3 aromatic rings. The first-order valence-corrected chi connectivity index (χ1v) is 13.4. The summed E-state index contributed by atoms with van der Waals surface area (Å²) in [4.78, 5) is 6.76. The number of hydrogen-bond acceptors (Lipinski definition) is 4. The van der Waals surface area contributed by atoms with E-state index < -0.39 is 10.0 Å². The number of unbranched alkanes of at least 4 members (excludes halogenated alkanes) is 1. The lowest BCUT2D eigenvalue weighted by Gasteiger charge is -2.11. The van der Waals surface area contributed by atoms with E-state index in [2.05, 4.69) is 4.72 Å². The van der Waals surface area contributed by atoms with Gasteiger partial charge >= 0.3 is 0 Å². The van der Waals surface area contributed by atoms with E-state index in [0.29, 0.717) is 38.6 Å². The van der Waals surface area contributed by atoms with Crippen molar-refractivity contribution in [3.05, 3.63) is 80.8 Å². The topological polar surface area (TPSA) is 58.5 Å². The van der Waals surface area contributed by atoms with Crippen molar-refractivity contribution in [2.24, 2.45) is 4.99 Å². The standard InChI is InChI=1S/C23H19Cl3N2O2S2/c1-2-3-10-27-32(29,30)16-6-9-21-20(13-16)28-23(17-7-4-14(24)11-19(17)26)18-8-5-15(25)12-22(18)31-21/h4-9,11-13,27H,2-3,10H2,1H3. The van der Waals surface area contributed by atoms with Crippen LogP contribution in [0.2, 0.25) is 15.1 Å². The van der Waals surface area contributed by atoms with E-state index in [1.807, 2.05) is 25.1 Å². The second kappa shape index (κ2) is 9.75. The Labute approximate surface area is 207 Å². The maximum Gasteiger partial charge on any atom is 0.240 e. The summed E-state index contributed by atoms with van der Waals surface area (Å²) in [5.41, 5.74) is 2.72. The molecule has 0 aromatic heterocycles. The number of benzene rings is 3. The number of aliphatic imine (C=N–C) groups is 1. The van der Waals surface area contributed by atoms with E-state index in [1.165, 1.54) is 11.8 Å². The number of fused-ring (bicyclic) bond motifs is 2. The van der Waals surface area contributed by atoms with Gasteiger partial charge in [-0.15, -0.1) is 0 Å². The van der Waals surface area contributed by atoms with Crippen LogP contribution in [0.15, 0.2) is 74.3 Å². The summed E-state index contributed by atoms with van der Waals surface area (Å²) in [6.45, 7) is 2.40. The van der Waals surface area contributed by atoms with Gasteiger partial charge in [0.1, 0.15) is 0 Å². The summed E-state index contributed by atoms with van der Waals surface area (Å²) >= 11 is 20.4. The Kier molecular flexibility index (Phi) is 7.20. The number of nitrogens with one attached hydrogen (secondary N) is 1. The minimum Gasteiger partial charge on any atom is -0.246 e. The van der Waals surface area contributed by atoms with Crippen LogP contribution in [0, 0.1) is 0 Å². The normalized spacial score (nSPS) is 13.2. The number of sulfonamides is 1. The van der Waals surface area contributed by atoms with Crippen molar-refractivity contribution in [3.8, 4) is 0 Å². The summed E-state index contributed by atoms with van der Waals surface area (Å²) in [7, 11) is -3.64. The summed E-state index contributed by atoms with van der Waals surface area (Å²) in [6.07, 6.45) is 1.67. The second-order valence-corrected chi connectivity index (χ2v) is 11.3. The molecule has 1 heterocycles. The first kappa shape index (κ1) is 23.6. The van der Waals surface area contributed by atoms with Gasteiger partial charge in [0.2, 0.25) is 10.0 Å². The minimum atomic E-state index is -3.64. The van der Waals surface area contributed by atoms with Gasteiger partial charge in [0.15, 0.2) is 0 Å². The molecule has 0 amide bonds. The smallest absolute Gasteiger partial charge is 0.240 e. The Morgan fingerprint density at radius 1 is 0.906 bits per heavy atom. The molecule has 1 N–H and O–H groups in total. The van der Waals surface area contributed by atoms with Gasteiger partial charge in [-0.3, -0.25) is 0 Å². The lowest BCUT2D eigenvalue weighted by Crippen LogP contribution is -2.24. The van der Waals surface area contributed by atoms with Crippen LogP contribution in [0.1, 0.15) is 30.9 Å². The van der Waals surface area contributed by atoms with Crippen LogP contribution in [0.3, 0.4) is 0 Å². The molecule has 4 rings (SSSR count). The lowest BCUT2D eigenvalue weighted by molar-refractivity contribution is 0.578.